The Labute approximate surface area is 166 Å². The summed E-state index contributed by atoms with van der Waals surface area (Å²) < 4.78 is 19.7. The van der Waals surface area contributed by atoms with Gasteiger partial charge in [-0.3, -0.25) is 4.79 Å². The number of amides is 2. The molecular weight excluding hydrogens is 381 g/mol. The summed E-state index contributed by atoms with van der Waals surface area (Å²) >= 11 is 1.59. The molecule has 8 heteroatoms. The van der Waals surface area contributed by atoms with Crippen molar-refractivity contribution >= 4 is 23.3 Å². The van der Waals surface area contributed by atoms with Gasteiger partial charge in [0, 0.05) is 23.5 Å². The second-order valence-electron chi connectivity index (χ2n) is 8.00. The van der Waals surface area contributed by atoms with Crippen LogP contribution >= 0.6 is 11.3 Å². The number of hydrogen-bond acceptors (Lipinski definition) is 5. The first-order chi connectivity index (χ1) is 13.3. The first-order valence-corrected chi connectivity index (χ1v) is 10.1. The number of ether oxygens (including phenoxy) is 1. The van der Waals surface area contributed by atoms with Crippen LogP contribution in [-0.2, 0) is 37.3 Å². The minimum atomic E-state index is -0.641. The zero-order valence-corrected chi connectivity index (χ0v) is 16.7. The standard InChI is InChI=1S/C20H22FN3O3S/c1-20(2)6-5-13-14(7-20)28-15(24-13)10-27-19(26)23-9-12-4-3-11-8-22-18(25)16(11)17(12)21/h3-4H,5-10H2,1-2H3,(H,22,25)(H,23,26). The van der Waals surface area contributed by atoms with Gasteiger partial charge in [-0.05, 0) is 30.2 Å². The monoisotopic (exact) mass is 403 g/mol. The van der Waals surface area contributed by atoms with Gasteiger partial charge in [-0.2, -0.15) is 0 Å². The fourth-order valence-corrected chi connectivity index (χ4v) is 4.90. The number of nitrogens with zero attached hydrogens (tertiary/aromatic N) is 1. The van der Waals surface area contributed by atoms with Gasteiger partial charge in [0.05, 0.1) is 11.3 Å². The van der Waals surface area contributed by atoms with Crippen LogP contribution in [0.3, 0.4) is 0 Å². The van der Waals surface area contributed by atoms with Crippen molar-refractivity contribution in [3.63, 3.8) is 0 Å². The van der Waals surface area contributed by atoms with Gasteiger partial charge in [0.15, 0.2) is 0 Å². The van der Waals surface area contributed by atoms with Crippen molar-refractivity contribution in [2.45, 2.75) is 52.8 Å². The first-order valence-electron chi connectivity index (χ1n) is 9.29. The average molecular weight is 403 g/mol. The molecule has 0 spiro atoms. The fraction of sp³-hybridized carbons (Fsp3) is 0.450. The van der Waals surface area contributed by atoms with E-state index in [1.54, 1.807) is 23.5 Å². The lowest BCUT2D eigenvalue weighted by atomic mass is 9.79. The maximum atomic E-state index is 14.5. The number of carbonyl (C=O) groups is 2. The van der Waals surface area contributed by atoms with Gasteiger partial charge in [0.25, 0.3) is 5.91 Å². The van der Waals surface area contributed by atoms with Crippen LogP contribution in [0.25, 0.3) is 0 Å². The van der Waals surface area contributed by atoms with Crippen LogP contribution in [0.1, 0.15) is 57.3 Å². The molecule has 0 bridgehead atoms. The molecule has 1 aromatic carbocycles. The molecule has 0 saturated heterocycles. The van der Waals surface area contributed by atoms with Gasteiger partial charge in [0.2, 0.25) is 0 Å². The summed E-state index contributed by atoms with van der Waals surface area (Å²) in [5.41, 5.74) is 2.33. The summed E-state index contributed by atoms with van der Waals surface area (Å²) in [7, 11) is 0. The van der Waals surface area contributed by atoms with E-state index in [0.29, 0.717) is 12.1 Å². The Morgan fingerprint density at radius 3 is 3.07 bits per heavy atom. The quantitative estimate of drug-likeness (QED) is 0.819. The maximum absolute atomic E-state index is 14.5. The summed E-state index contributed by atoms with van der Waals surface area (Å²) in [6.07, 6.45) is 2.42. The van der Waals surface area contributed by atoms with Crippen LogP contribution in [0.2, 0.25) is 0 Å². The zero-order valence-electron chi connectivity index (χ0n) is 15.9. The number of benzene rings is 1. The molecule has 2 aromatic rings. The number of alkyl carbamates (subject to hydrolysis) is 1. The van der Waals surface area contributed by atoms with E-state index in [2.05, 4.69) is 29.5 Å². The summed E-state index contributed by atoms with van der Waals surface area (Å²) in [5, 5.41) is 5.90. The normalized spacial score (nSPS) is 16.9. The van der Waals surface area contributed by atoms with Crippen LogP contribution < -0.4 is 10.6 Å². The lowest BCUT2D eigenvalue weighted by molar-refractivity contribution is 0.0962. The number of rotatable bonds is 4. The highest BCUT2D eigenvalue weighted by Crippen LogP contribution is 2.37. The maximum Gasteiger partial charge on any atom is 0.407 e. The van der Waals surface area contributed by atoms with E-state index in [9.17, 15) is 14.0 Å². The molecule has 0 unspecified atom stereocenters. The highest BCUT2D eigenvalue weighted by molar-refractivity contribution is 7.11. The van der Waals surface area contributed by atoms with Crippen molar-refractivity contribution in [1.29, 1.82) is 0 Å². The molecule has 0 fully saturated rings. The van der Waals surface area contributed by atoms with E-state index in [4.69, 9.17) is 4.74 Å². The molecule has 2 heterocycles. The minimum Gasteiger partial charge on any atom is -0.442 e. The summed E-state index contributed by atoms with van der Waals surface area (Å²) in [4.78, 5) is 29.5. The molecule has 4 rings (SSSR count). The van der Waals surface area contributed by atoms with Crippen molar-refractivity contribution in [1.82, 2.24) is 15.6 Å². The fourth-order valence-electron chi connectivity index (χ4n) is 3.61. The molecule has 1 aliphatic carbocycles. The van der Waals surface area contributed by atoms with Gasteiger partial charge < -0.3 is 15.4 Å². The smallest absolute Gasteiger partial charge is 0.407 e. The Morgan fingerprint density at radius 1 is 1.43 bits per heavy atom. The van der Waals surface area contributed by atoms with Gasteiger partial charge in [-0.15, -0.1) is 11.3 Å². The molecule has 28 heavy (non-hydrogen) atoms. The van der Waals surface area contributed by atoms with E-state index >= 15 is 0 Å². The van der Waals surface area contributed by atoms with Crippen LogP contribution in [-0.4, -0.2) is 17.0 Å². The molecule has 2 N–H and O–H groups in total. The molecular formula is C20H22FN3O3S. The lowest BCUT2D eigenvalue weighted by Crippen LogP contribution is -2.24. The largest absolute Gasteiger partial charge is 0.442 e. The highest BCUT2D eigenvalue weighted by Gasteiger charge is 2.28. The Bertz CT molecular complexity index is 954. The number of thiazole rings is 1. The Kier molecular flexibility index (Phi) is 4.82. The van der Waals surface area contributed by atoms with Crippen molar-refractivity contribution in [2.24, 2.45) is 5.41 Å². The van der Waals surface area contributed by atoms with Crippen LogP contribution in [0.5, 0.6) is 0 Å². The topological polar surface area (TPSA) is 80.3 Å². The van der Waals surface area contributed by atoms with Crippen LogP contribution in [0, 0.1) is 11.2 Å². The van der Waals surface area contributed by atoms with E-state index in [-0.39, 0.29) is 29.7 Å². The molecule has 148 valence electrons. The first kappa shape index (κ1) is 18.9. The molecule has 0 atom stereocenters. The van der Waals surface area contributed by atoms with Gasteiger partial charge in [0.1, 0.15) is 17.4 Å². The zero-order chi connectivity index (χ0) is 19.9. The minimum absolute atomic E-state index is 0.0478. The van der Waals surface area contributed by atoms with E-state index in [1.807, 2.05) is 0 Å². The highest BCUT2D eigenvalue weighted by atomic mass is 32.1. The number of carbonyl (C=O) groups excluding carboxylic acids is 2. The molecule has 2 amide bonds. The van der Waals surface area contributed by atoms with Crippen molar-refractivity contribution < 1.29 is 18.7 Å². The number of halogens is 1. The third kappa shape index (κ3) is 3.73. The number of aryl methyl sites for hydroxylation is 1. The molecule has 0 radical (unpaired) electrons. The number of hydrogen-bond donors (Lipinski definition) is 2. The lowest BCUT2D eigenvalue weighted by Gasteiger charge is -2.28. The predicted octanol–water partition coefficient (Wildman–Crippen LogP) is 3.47. The van der Waals surface area contributed by atoms with Crippen LogP contribution in [0.4, 0.5) is 9.18 Å². The SMILES string of the molecule is CC1(C)CCc2nc(COC(=O)NCc3ccc4c(c3F)C(=O)NC4)sc2C1. The summed E-state index contributed by atoms with van der Waals surface area (Å²) in [6.45, 7) is 4.88. The second-order valence-corrected chi connectivity index (χ2v) is 9.17. The summed E-state index contributed by atoms with van der Waals surface area (Å²) in [5.74, 6) is -1.02. The van der Waals surface area contributed by atoms with Gasteiger partial charge in [-0.25, -0.2) is 14.2 Å². The molecule has 1 aliphatic heterocycles. The van der Waals surface area contributed by atoms with E-state index < -0.39 is 17.8 Å². The third-order valence-electron chi connectivity index (χ3n) is 5.22. The Morgan fingerprint density at radius 2 is 2.25 bits per heavy atom. The number of aromatic nitrogens is 1. The molecule has 1 aromatic heterocycles. The molecule has 2 aliphatic rings. The third-order valence-corrected chi connectivity index (χ3v) is 6.30. The van der Waals surface area contributed by atoms with Crippen molar-refractivity contribution in [2.75, 3.05) is 0 Å². The van der Waals surface area contributed by atoms with E-state index in [1.165, 1.54) is 4.88 Å². The second kappa shape index (κ2) is 7.16. The van der Waals surface area contributed by atoms with E-state index in [0.717, 1.165) is 30.0 Å². The van der Waals surface area contributed by atoms with Gasteiger partial charge >= 0.3 is 6.09 Å². The predicted molar refractivity (Wildman–Crippen MR) is 103 cm³/mol. The van der Waals surface area contributed by atoms with Crippen molar-refractivity contribution in [3.8, 4) is 0 Å². The summed E-state index contributed by atoms with van der Waals surface area (Å²) in [6, 6.07) is 3.27. The van der Waals surface area contributed by atoms with Crippen molar-refractivity contribution in [3.05, 3.63) is 50.2 Å². The van der Waals surface area contributed by atoms with Gasteiger partial charge in [-0.1, -0.05) is 26.0 Å². The number of nitrogens with one attached hydrogen (secondary N) is 2. The average Bonchev–Trinajstić information content (AvgIpc) is 3.21. The molecule has 6 nitrogen and oxygen atoms in total. The molecule has 0 saturated carbocycles. The van der Waals surface area contributed by atoms with Crippen LogP contribution in [0.15, 0.2) is 12.1 Å². The Balaban J connectivity index is 1.32. The Hall–Kier alpha value is -2.48. The number of fused-ring (bicyclic) bond motifs is 2.